The van der Waals surface area contributed by atoms with E-state index in [0.717, 1.165) is 62.6 Å². The van der Waals surface area contributed by atoms with Crippen LogP contribution in [-0.2, 0) is 11.3 Å². The summed E-state index contributed by atoms with van der Waals surface area (Å²) in [6, 6.07) is 18.1. The second-order valence-corrected chi connectivity index (χ2v) is 10.0. The number of nitrogens with zero attached hydrogens (tertiary/aromatic N) is 4. The third kappa shape index (κ3) is 8.42. The van der Waals surface area contributed by atoms with Crippen LogP contribution in [0.1, 0.15) is 28.9 Å². The van der Waals surface area contributed by atoms with E-state index < -0.39 is 0 Å². The van der Waals surface area contributed by atoms with Gasteiger partial charge in [-0.25, -0.2) is 4.79 Å². The Balaban J connectivity index is 1.38. The smallest absolute Gasteiger partial charge is 0.322 e. The van der Waals surface area contributed by atoms with Crippen LogP contribution >= 0.6 is 0 Å². The molecular weight excluding hydrogens is 506 g/mol. The van der Waals surface area contributed by atoms with Gasteiger partial charge in [0.1, 0.15) is 5.69 Å². The predicted molar refractivity (Wildman–Crippen MR) is 160 cm³/mol. The minimum atomic E-state index is -0.344. The molecule has 2 aromatic carbocycles. The predicted octanol–water partition coefficient (Wildman–Crippen LogP) is 4.13. The normalized spacial score (nSPS) is 13.4. The van der Waals surface area contributed by atoms with Gasteiger partial charge in [-0.2, -0.15) is 0 Å². The number of ether oxygens (including phenoxy) is 1. The van der Waals surface area contributed by atoms with Crippen molar-refractivity contribution in [1.29, 1.82) is 0 Å². The van der Waals surface area contributed by atoms with Crippen molar-refractivity contribution >= 4 is 34.7 Å². The molecule has 0 saturated carbocycles. The number of hydrogen-bond donors (Lipinski definition) is 3. The van der Waals surface area contributed by atoms with Gasteiger partial charge in [-0.3, -0.25) is 14.7 Å². The molecule has 2 heterocycles. The molecule has 212 valence electrons. The third-order valence-electron chi connectivity index (χ3n) is 6.82. The maximum absolute atomic E-state index is 13.3. The first-order valence-electron chi connectivity index (χ1n) is 13.6. The van der Waals surface area contributed by atoms with E-state index in [1.165, 1.54) is 0 Å². The van der Waals surface area contributed by atoms with E-state index >= 15 is 0 Å². The van der Waals surface area contributed by atoms with Crippen molar-refractivity contribution in [3.63, 3.8) is 0 Å². The summed E-state index contributed by atoms with van der Waals surface area (Å²) in [7, 11) is 3.96. The minimum absolute atomic E-state index is 0.176. The Labute approximate surface area is 236 Å². The van der Waals surface area contributed by atoms with Crippen molar-refractivity contribution in [1.82, 2.24) is 14.8 Å². The molecule has 0 radical (unpaired) electrons. The second-order valence-electron chi connectivity index (χ2n) is 10.0. The zero-order valence-corrected chi connectivity index (χ0v) is 23.3. The van der Waals surface area contributed by atoms with E-state index in [2.05, 4.69) is 20.5 Å². The molecular formula is C30H39N7O3. The fraction of sp³-hybridized carbons (Fsp3) is 0.367. The Morgan fingerprint density at radius 2 is 1.73 bits per heavy atom. The Kier molecular flexibility index (Phi) is 10.3. The summed E-state index contributed by atoms with van der Waals surface area (Å²) < 4.78 is 5.44. The van der Waals surface area contributed by atoms with Gasteiger partial charge >= 0.3 is 6.03 Å². The molecule has 10 heteroatoms. The number of carbonyl (C=O) groups excluding carboxylic acids is 2. The molecule has 1 aliphatic rings. The number of unbranched alkanes of at least 4 members (excludes halogenated alkanes) is 1. The molecule has 3 aromatic rings. The van der Waals surface area contributed by atoms with Crippen LogP contribution in [0.25, 0.3) is 0 Å². The van der Waals surface area contributed by atoms with E-state index in [-0.39, 0.29) is 17.6 Å². The quantitative estimate of drug-likeness (QED) is 0.245. The molecule has 0 unspecified atom stereocenters. The molecule has 4 N–H and O–H groups in total. The van der Waals surface area contributed by atoms with E-state index in [1.54, 1.807) is 41.4 Å². The van der Waals surface area contributed by atoms with Gasteiger partial charge in [0.25, 0.3) is 5.91 Å². The molecule has 0 bridgehead atoms. The summed E-state index contributed by atoms with van der Waals surface area (Å²) in [6.45, 7) is 5.43. The van der Waals surface area contributed by atoms with Crippen molar-refractivity contribution in [2.75, 3.05) is 74.8 Å². The van der Waals surface area contributed by atoms with Gasteiger partial charge in [0.2, 0.25) is 0 Å². The average molecular weight is 546 g/mol. The van der Waals surface area contributed by atoms with Gasteiger partial charge in [-0.1, -0.05) is 18.2 Å². The number of nitrogen functional groups attached to an aromatic ring is 1. The van der Waals surface area contributed by atoms with Crippen LogP contribution in [0, 0.1) is 0 Å². The monoisotopic (exact) mass is 545 g/mol. The number of nitrogens with two attached hydrogens (primary N) is 1. The Bertz CT molecular complexity index is 1240. The first kappa shape index (κ1) is 28.8. The zero-order chi connectivity index (χ0) is 28.3. The minimum Gasteiger partial charge on any atom is -0.397 e. The molecule has 10 nitrogen and oxygen atoms in total. The number of benzene rings is 2. The molecule has 1 saturated heterocycles. The summed E-state index contributed by atoms with van der Waals surface area (Å²) >= 11 is 0. The number of urea groups is 1. The highest BCUT2D eigenvalue weighted by Crippen LogP contribution is 2.19. The maximum atomic E-state index is 13.3. The highest BCUT2D eigenvalue weighted by Gasteiger charge is 2.17. The number of amides is 3. The molecule has 1 aliphatic heterocycles. The first-order valence-corrected chi connectivity index (χ1v) is 13.6. The van der Waals surface area contributed by atoms with Crippen LogP contribution < -0.4 is 21.3 Å². The summed E-state index contributed by atoms with van der Waals surface area (Å²) in [6.07, 6.45) is 3.50. The lowest BCUT2D eigenvalue weighted by Crippen LogP contribution is -2.38. The molecule has 0 atom stereocenters. The molecule has 1 fully saturated rings. The molecule has 3 amide bonds. The summed E-state index contributed by atoms with van der Waals surface area (Å²) in [5, 5.41) is 5.81. The highest BCUT2D eigenvalue weighted by molar-refractivity contribution is 6.04. The van der Waals surface area contributed by atoms with Crippen LogP contribution in [-0.4, -0.2) is 80.2 Å². The molecule has 0 spiro atoms. The maximum Gasteiger partial charge on any atom is 0.322 e. The SMILES string of the molecule is CN(C)c1ccc(NC(=O)N(CCCCN2CCOCC2)Cc2ccc(C(=O)Nc3ccccc3N)nc2)cc1. The Hall–Kier alpha value is -4.15. The number of pyridine rings is 1. The van der Waals surface area contributed by atoms with E-state index in [0.29, 0.717) is 24.5 Å². The Morgan fingerprint density at radius 3 is 2.40 bits per heavy atom. The number of nitrogens with one attached hydrogen (secondary N) is 2. The highest BCUT2D eigenvalue weighted by atomic mass is 16.5. The fourth-order valence-corrected chi connectivity index (χ4v) is 4.43. The number of carbonyl (C=O) groups is 2. The van der Waals surface area contributed by atoms with Gasteiger partial charge < -0.3 is 30.9 Å². The topological polar surface area (TPSA) is 116 Å². The zero-order valence-electron chi connectivity index (χ0n) is 23.3. The standard InChI is InChI=1S/C30H39N7O3/c1-35(2)25-12-10-24(11-13-25)33-30(39)37(16-6-5-15-36-17-19-40-20-18-36)22-23-9-14-28(32-21-23)29(38)34-27-8-4-3-7-26(27)31/h3-4,7-14,21H,5-6,15-20,22,31H2,1-2H3,(H,33,39)(H,34,38). The fourth-order valence-electron chi connectivity index (χ4n) is 4.43. The van der Waals surface area contributed by atoms with Crippen LogP contribution in [0.2, 0.25) is 0 Å². The molecule has 1 aromatic heterocycles. The lowest BCUT2D eigenvalue weighted by molar-refractivity contribution is 0.0370. The van der Waals surface area contributed by atoms with Crippen LogP contribution in [0.3, 0.4) is 0 Å². The van der Waals surface area contributed by atoms with Crippen molar-refractivity contribution in [3.8, 4) is 0 Å². The number of rotatable bonds is 11. The third-order valence-corrected chi connectivity index (χ3v) is 6.82. The number of para-hydroxylation sites is 2. The summed E-state index contributed by atoms with van der Waals surface area (Å²) in [4.78, 5) is 36.5. The van der Waals surface area contributed by atoms with Crippen LogP contribution in [0.5, 0.6) is 0 Å². The van der Waals surface area contributed by atoms with Gasteiger partial charge in [0.15, 0.2) is 0 Å². The van der Waals surface area contributed by atoms with Crippen molar-refractivity contribution in [3.05, 3.63) is 78.1 Å². The van der Waals surface area contributed by atoms with E-state index in [1.807, 2.05) is 49.3 Å². The molecule has 4 rings (SSSR count). The van der Waals surface area contributed by atoms with Gasteiger partial charge in [0.05, 0.1) is 24.6 Å². The van der Waals surface area contributed by atoms with Crippen LogP contribution in [0.15, 0.2) is 66.9 Å². The first-order chi connectivity index (χ1) is 19.4. The summed E-state index contributed by atoms with van der Waals surface area (Å²) in [5.74, 6) is -0.344. The van der Waals surface area contributed by atoms with Crippen molar-refractivity contribution in [2.24, 2.45) is 0 Å². The lowest BCUT2D eigenvalue weighted by Gasteiger charge is -2.27. The number of morpholine rings is 1. The van der Waals surface area contributed by atoms with Gasteiger partial charge in [0, 0.05) is 57.8 Å². The summed E-state index contributed by atoms with van der Waals surface area (Å²) in [5.41, 5.74) is 9.86. The molecule has 40 heavy (non-hydrogen) atoms. The van der Waals surface area contributed by atoms with E-state index in [9.17, 15) is 9.59 Å². The number of anilines is 4. The Morgan fingerprint density at radius 1 is 0.975 bits per heavy atom. The molecule has 0 aliphatic carbocycles. The average Bonchev–Trinajstić information content (AvgIpc) is 2.97. The number of hydrogen-bond acceptors (Lipinski definition) is 7. The van der Waals surface area contributed by atoms with Gasteiger partial charge in [-0.05, 0) is 67.4 Å². The van der Waals surface area contributed by atoms with Crippen molar-refractivity contribution < 1.29 is 14.3 Å². The van der Waals surface area contributed by atoms with Crippen molar-refractivity contribution in [2.45, 2.75) is 19.4 Å². The van der Waals surface area contributed by atoms with Crippen LogP contribution in [0.4, 0.5) is 27.5 Å². The number of aromatic nitrogens is 1. The van der Waals surface area contributed by atoms with E-state index in [4.69, 9.17) is 10.5 Å². The lowest BCUT2D eigenvalue weighted by atomic mass is 10.2. The second kappa shape index (κ2) is 14.3. The largest absolute Gasteiger partial charge is 0.397 e. The van der Waals surface area contributed by atoms with Gasteiger partial charge in [-0.15, -0.1) is 0 Å².